The predicted molar refractivity (Wildman–Crippen MR) is 100 cm³/mol. The summed E-state index contributed by atoms with van der Waals surface area (Å²) in [6.07, 6.45) is -0.0542. The summed E-state index contributed by atoms with van der Waals surface area (Å²) in [5, 5.41) is 2.71. The number of esters is 1. The first kappa shape index (κ1) is 20.6. The second-order valence-corrected chi connectivity index (χ2v) is 7.93. The van der Waals surface area contributed by atoms with Crippen molar-refractivity contribution in [1.82, 2.24) is 9.62 Å². The highest BCUT2D eigenvalue weighted by Gasteiger charge is 2.25. The maximum atomic E-state index is 12.5. The molecule has 1 amide bonds. The zero-order valence-electron chi connectivity index (χ0n) is 15.2. The second kappa shape index (κ2) is 9.29. The standard InChI is InChI=1S/C19H22N2O5S/c1-21(27(24,25)16-11-7-4-8-12-16)14-18(22)20-17(13-19(23)26-2)15-9-5-3-6-10-15/h3-12,17H,13-14H2,1-2H3,(H,20,22). The molecule has 0 saturated heterocycles. The zero-order valence-corrected chi connectivity index (χ0v) is 16.0. The number of nitrogens with zero attached hydrogens (tertiary/aromatic N) is 1. The van der Waals surface area contributed by atoms with Gasteiger partial charge in [-0.3, -0.25) is 9.59 Å². The number of hydrogen-bond acceptors (Lipinski definition) is 5. The van der Waals surface area contributed by atoms with E-state index in [1.165, 1.54) is 26.3 Å². The van der Waals surface area contributed by atoms with E-state index in [1.807, 2.05) is 6.07 Å². The number of rotatable bonds is 8. The van der Waals surface area contributed by atoms with Gasteiger partial charge in [-0.1, -0.05) is 48.5 Å². The van der Waals surface area contributed by atoms with Crippen LogP contribution in [0.1, 0.15) is 18.0 Å². The predicted octanol–water partition coefficient (Wildman–Crippen LogP) is 1.73. The summed E-state index contributed by atoms with van der Waals surface area (Å²) in [6, 6.07) is 16.2. The molecule has 0 aliphatic carbocycles. The van der Waals surface area contributed by atoms with Crippen molar-refractivity contribution in [1.29, 1.82) is 0 Å². The molecular formula is C19H22N2O5S. The van der Waals surface area contributed by atoms with Crippen LogP contribution >= 0.6 is 0 Å². The molecule has 0 bridgehead atoms. The number of nitrogens with one attached hydrogen (secondary N) is 1. The Morgan fingerprint density at radius 3 is 2.15 bits per heavy atom. The lowest BCUT2D eigenvalue weighted by Crippen LogP contribution is -2.40. The molecule has 1 atom stereocenters. The van der Waals surface area contributed by atoms with Gasteiger partial charge in [0.2, 0.25) is 15.9 Å². The van der Waals surface area contributed by atoms with E-state index in [9.17, 15) is 18.0 Å². The van der Waals surface area contributed by atoms with Crippen LogP contribution in [0.3, 0.4) is 0 Å². The lowest BCUT2D eigenvalue weighted by atomic mass is 10.0. The maximum absolute atomic E-state index is 12.5. The fraction of sp³-hybridized carbons (Fsp3) is 0.263. The third kappa shape index (κ3) is 5.63. The average Bonchev–Trinajstić information content (AvgIpc) is 2.68. The van der Waals surface area contributed by atoms with Crippen LogP contribution in [0.4, 0.5) is 0 Å². The van der Waals surface area contributed by atoms with E-state index >= 15 is 0 Å². The van der Waals surface area contributed by atoms with Crippen LogP contribution in [0.2, 0.25) is 0 Å². The first-order valence-corrected chi connectivity index (χ1v) is 9.71. The van der Waals surface area contributed by atoms with Gasteiger partial charge in [-0.25, -0.2) is 8.42 Å². The van der Waals surface area contributed by atoms with Crippen LogP contribution in [0, 0.1) is 0 Å². The molecule has 0 radical (unpaired) electrons. The van der Waals surface area contributed by atoms with Gasteiger partial charge < -0.3 is 10.1 Å². The minimum Gasteiger partial charge on any atom is -0.469 e. The number of methoxy groups -OCH3 is 1. The number of ether oxygens (including phenoxy) is 1. The largest absolute Gasteiger partial charge is 0.469 e. The highest BCUT2D eigenvalue weighted by Crippen LogP contribution is 2.18. The number of carbonyl (C=O) groups is 2. The highest BCUT2D eigenvalue weighted by atomic mass is 32.2. The quantitative estimate of drug-likeness (QED) is 0.693. The molecule has 2 rings (SSSR count). The first-order valence-electron chi connectivity index (χ1n) is 8.27. The first-order chi connectivity index (χ1) is 12.8. The summed E-state index contributed by atoms with van der Waals surface area (Å²) in [5.41, 5.74) is 0.727. The minimum absolute atomic E-state index is 0.0542. The number of likely N-dealkylation sites (N-methyl/N-ethyl adjacent to an activating group) is 1. The molecule has 0 aliphatic rings. The summed E-state index contributed by atoms with van der Waals surface area (Å²) >= 11 is 0. The van der Waals surface area contributed by atoms with Gasteiger partial charge in [-0.05, 0) is 17.7 Å². The second-order valence-electron chi connectivity index (χ2n) is 5.89. The van der Waals surface area contributed by atoms with Gasteiger partial charge in [0.05, 0.1) is 31.0 Å². The summed E-state index contributed by atoms with van der Waals surface area (Å²) in [7, 11) is -1.18. The molecule has 2 aromatic carbocycles. The van der Waals surface area contributed by atoms with Crippen LogP contribution < -0.4 is 5.32 Å². The number of carbonyl (C=O) groups excluding carboxylic acids is 2. The van der Waals surface area contributed by atoms with E-state index in [2.05, 4.69) is 10.1 Å². The van der Waals surface area contributed by atoms with Crippen molar-refractivity contribution >= 4 is 21.9 Å². The van der Waals surface area contributed by atoms with Crippen molar-refractivity contribution in [2.45, 2.75) is 17.4 Å². The third-order valence-corrected chi connectivity index (χ3v) is 5.77. The molecule has 0 saturated carbocycles. The van der Waals surface area contributed by atoms with E-state index < -0.39 is 27.9 Å². The fourth-order valence-corrected chi connectivity index (χ4v) is 3.64. The topological polar surface area (TPSA) is 92.8 Å². The Hall–Kier alpha value is -2.71. The average molecular weight is 390 g/mol. The molecule has 0 heterocycles. The molecule has 7 nitrogen and oxygen atoms in total. The summed E-state index contributed by atoms with van der Waals surface area (Å²) in [6.45, 7) is -0.373. The van der Waals surface area contributed by atoms with Crippen LogP contribution in [0.25, 0.3) is 0 Å². The Labute approximate surface area is 159 Å². The van der Waals surface area contributed by atoms with Crippen molar-refractivity contribution in [2.75, 3.05) is 20.7 Å². The molecule has 1 N–H and O–H groups in total. The van der Waals surface area contributed by atoms with Crippen LogP contribution in [-0.2, 0) is 24.3 Å². The molecule has 144 valence electrons. The van der Waals surface area contributed by atoms with Crippen molar-refractivity contribution in [3.05, 3.63) is 66.2 Å². The maximum Gasteiger partial charge on any atom is 0.307 e. The Morgan fingerprint density at radius 2 is 1.59 bits per heavy atom. The Balaban J connectivity index is 2.10. The third-order valence-electron chi connectivity index (χ3n) is 3.95. The molecule has 0 fully saturated rings. The molecule has 2 aromatic rings. The lowest BCUT2D eigenvalue weighted by Gasteiger charge is -2.21. The summed E-state index contributed by atoms with van der Waals surface area (Å²) in [4.78, 5) is 24.2. The van der Waals surface area contributed by atoms with E-state index in [0.717, 1.165) is 9.87 Å². The molecular weight excluding hydrogens is 368 g/mol. The van der Waals surface area contributed by atoms with E-state index in [4.69, 9.17) is 0 Å². The van der Waals surface area contributed by atoms with Gasteiger partial charge in [0.15, 0.2) is 0 Å². The van der Waals surface area contributed by atoms with Gasteiger partial charge in [0.25, 0.3) is 0 Å². The van der Waals surface area contributed by atoms with Gasteiger partial charge >= 0.3 is 5.97 Å². The highest BCUT2D eigenvalue weighted by molar-refractivity contribution is 7.89. The van der Waals surface area contributed by atoms with Crippen LogP contribution in [0.15, 0.2) is 65.6 Å². The van der Waals surface area contributed by atoms with Crippen molar-refractivity contribution < 1.29 is 22.7 Å². The monoisotopic (exact) mass is 390 g/mol. The number of benzene rings is 2. The van der Waals surface area contributed by atoms with Crippen molar-refractivity contribution in [2.24, 2.45) is 0 Å². The van der Waals surface area contributed by atoms with Gasteiger partial charge in [0, 0.05) is 7.05 Å². The number of sulfonamides is 1. The van der Waals surface area contributed by atoms with E-state index in [-0.39, 0.29) is 17.9 Å². The number of amides is 1. The Bertz CT molecular complexity index is 869. The SMILES string of the molecule is COC(=O)CC(NC(=O)CN(C)S(=O)(=O)c1ccccc1)c1ccccc1. The number of hydrogen-bond donors (Lipinski definition) is 1. The Kier molecular flexibility index (Phi) is 7.09. The van der Waals surface area contributed by atoms with E-state index in [0.29, 0.717) is 0 Å². The van der Waals surface area contributed by atoms with E-state index in [1.54, 1.807) is 42.5 Å². The minimum atomic E-state index is -3.78. The molecule has 27 heavy (non-hydrogen) atoms. The van der Waals surface area contributed by atoms with Crippen molar-refractivity contribution in [3.8, 4) is 0 Å². The summed E-state index contributed by atoms with van der Waals surface area (Å²) in [5.74, 6) is -0.996. The smallest absolute Gasteiger partial charge is 0.307 e. The van der Waals surface area contributed by atoms with Gasteiger partial charge in [-0.2, -0.15) is 4.31 Å². The van der Waals surface area contributed by atoms with Crippen LogP contribution in [-0.4, -0.2) is 45.3 Å². The zero-order chi connectivity index (χ0) is 19.9. The van der Waals surface area contributed by atoms with Crippen LogP contribution in [0.5, 0.6) is 0 Å². The molecule has 1 unspecified atom stereocenters. The normalized spacial score (nSPS) is 12.4. The van der Waals surface area contributed by atoms with Gasteiger partial charge in [-0.15, -0.1) is 0 Å². The molecule has 8 heteroatoms. The summed E-state index contributed by atoms with van der Waals surface area (Å²) < 4.78 is 30.7. The Morgan fingerprint density at radius 1 is 1.04 bits per heavy atom. The molecule has 0 spiro atoms. The van der Waals surface area contributed by atoms with Crippen molar-refractivity contribution in [3.63, 3.8) is 0 Å². The molecule has 0 aromatic heterocycles. The lowest BCUT2D eigenvalue weighted by molar-refractivity contribution is -0.141. The fourth-order valence-electron chi connectivity index (χ4n) is 2.49. The van der Waals surface area contributed by atoms with Gasteiger partial charge in [0.1, 0.15) is 0 Å². The molecule has 0 aliphatic heterocycles.